The van der Waals surface area contributed by atoms with Crippen LogP contribution in [0.4, 0.5) is 26.3 Å². The van der Waals surface area contributed by atoms with Gasteiger partial charge >= 0.3 is 12.4 Å². The zero-order valence-corrected chi connectivity index (χ0v) is 12.4. The number of rotatable bonds is 0. The minimum Gasteiger partial charge on any atom is -0.328 e. The summed E-state index contributed by atoms with van der Waals surface area (Å²) in [5, 5.41) is 0. The fourth-order valence-electron chi connectivity index (χ4n) is 2.89. The molecule has 8 heteroatoms. The predicted molar refractivity (Wildman–Crippen MR) is 72.0 cm³/mol. The first-order valence-electron chi connectivity index (χ1n) is 7.64. The minimum atomic E-state index is -4.00. The van der Waals surface area contributed by atoms with E-state index in [0.29, 0.717) is 25.7 Å². The van der Waals surface area contributed by atoms with Crippen molar-refractivity contribution >= 4 is 0 Å². The van der Waals surface area contributed by atoms with Gasteiger partial charge in [-0.3, -0.25) is 0 Å². The molecule has 0 aromatic rings. The van der Waals surface area contributed by atoms with Crippen LogP contribution in [-0.4, -0.2) is 24.4 Å². The third-order valence-electron chi connectivity index (χ3n) is 4.47. The van der Waals surface area contributed by atoms with Gasteiger partial charge in [0.05, 0.1) is 11.8 Å². The second kappa shape index (κ2) is 7.86. The molecular formula is C14H24F6N2. The molecule has 0 unspecified atom stereocenters. The standard InChI is InChI=1S/2C7H12F3N/c2*8-7(9,10)5-1-3-6(11)4-2-5/h2*5-6H,1-4,11H2. The van der Waals surface area contributed by atoms with Crippen molar-refractivity contribution in [1.82, 2.24) is 0 Å². The summed E-state index contributed by atoms with van der Waals surface area (Å²) in [5.41, 5.74) is 10.9. The lowest BCUT2D eigenvalue weighted by Gasteiger charge is -2.27. The van der Waals surface area contributed by atoms with Crippen LogP contribution in [0.15, 0.2) is 0 Å². The molecule has 4 N–H and O–H groups in total. The molecule has 2 fully saturated rings. The maximum atomic E-state index is 12.0. The van der Waals surface area contributed by atoms with Gasteiger partial charge < -0.3 is 11.5 Å². The van der Waals surface area contributed by atoms with Crippen LogP contribution in [-0.2, 0) is 0 Å². The molecule has 2 aliphatic carbocycles. The van der Waals surface area contributed by atoms with E-state index in [1.165, 1.54) is 0 Å². The van der Waals surface area contributed by atoms with Crippen molar-refractivity contribution < 1.29 is 26.3 Å². The lowest BCUT2D eigenvalue weighted by molar-refractivity contribution is -0.183. The highest BCUT2D eigenvalue weighted by Gasteiger charge is 2.41. The number of nitrogens with two attached hydrogens (primary N) is 2. The Labute approximate surface area is 126 Å². The van der Waals surface area contributed by atoms with Crippen LogP contribution in [0.1, 0.15) is 51.4 Å². The van der Waals surface area contributed by atoms with Gasteiger partial charge in [0.1, 0.15) is 0 Å². The Bertz CT molecular complexity index is 280. The molecule has 2 saturated carbocycles. The van der Waals surface area contributed by atoms with Gasteiger partial charge in [-0.05, 0) is 51.4 Å². The maximum Gasteiger partial charge on any atom is 0.391 e. The Hall–Kier alpha value is -0.500. The van der Waals surface area contributed by atoms with Crippen LogP contribution in [0.5, 0.6) is 0 Å². The van der Waals surface area contributed by atoms with Crippen molar-refractivity contribution in [3.63, 3.8) is 0 Å². The smallest absolute Gasteiger partial charge is 0.328 e. The first-order valence-corrected chi connectivity index (χ1v) is 7.64. The van der Waals surface area contributed by atoms with Crippen LogP contribution < -0.4 is 11.5 Å². The highest BCUT2D eigenvalue weighted by Crippen LogP contribution is 2.37. The van der Waals surface area contributed by atoms with Gasteiger partial charge in [0.2, 0.25) is 0 Å². The van der Waals surface area contributed by atoms with Crippen molar-refractivity contribution in [3.8, 4) is 0 Å². The molecule has 0 heterocycles. The van der Waals surface area contributed by atoms with Crippen LogP contribution >= 0.6 is 0 Å². The molecule has 2 nitrogen and oxygen atoms in total. The fraction of sp³-hybridized carbons (Fsp3) is 1.00. The molecule has 0 aromatic heterocycles. The summed E-state index contributed by atoms with van der Waals surface area (Å²) < 4.78 is 72.2. The normalized spacial score (nSPS) is 33.8. The molecule has 132 valence electrons. The number of alkyl halides is 6. The second-order valence-corrected chi connectivity index (χ2v) is 6.31. The Morgan fingerprint density at radius 1 is 0.500 bits per heavy atom. The first-order chi connectivity index (χ1) is 10.00. The lowest BCUT2D eigenvalue weighted by atomic mass is 9.86. The Morgan fingerprint density at radius 3 is 0.909 bits per heavy atom. The average Bonchev–Trinajstić information content (AvgIpc) is 2.38. The molecule has 0 radical (unpaired) electrons. The average molecular weight is 334 g/mol. The summed E-state index contributed by atoms with van der Waals surface area (Å²) in [4.78, 5) is 0. The van der Waals surface area contributed by atoms with E-state index in [0.717, 1.165) is 0 Å². The van der Waals surface area contributed by atoms with Crippen molar-refractivity contribution in [2.75, 3.05) is 0 Å². The predicted octanol–water partition coefficient (Wildman–Crippen LogP) is 4.13. The molecule has 0 aromatic carbocycles. The molecule has 0 saturated heterocycles. The summed E-state index contributed by atoms with van der Waals surface area (Å²) in [7, 11) is 0. The Morgan fingerprint density at radius 2 is 0.727 bits per heavy atom. The van der Waals surface area contributed by atoms with Crippen molar-refractivity contribution in [2.24, 2.45) is 23.3 Å². The second-order valence-electron chi connectivity index (χ2n) is 6.31. The summed E-state index contributed by atoms with van der Waals surface area (Å²) in [6.45, 7) is 0. The van der Waals surface area contributed by atoms with E-state index in [9.17, 15) is 26.3 Å². The van der Waals surface area contributed by atoms with Crippen LogP contribution in [0.2, 0.25) is 0 Å². The van der Waals surface area contributed by atoms with Crippen LogP contribution in [0.25, 0.3) is 0 Å². The van der Waals surface area contributed by atoms with E-state index in [4.69, 9.17) is 11.5 Å². The summed E-state index contributed by atoms with van der Waals surface area (Å²) in [6.07, 6.45) is -5.08. The summed E-state index contributed by atoms with van der Waals surface area (Å²) in [5.74, 6) is -2.19. The fourth-order valence-corrected chi connectivity index (χ4v) is 2.89. The topological polar surface area (TPSA) is 52.0 Å². The largest absolute Gasteiger partial charge is 0.391 e. The third-order valence-corrected chi connectivity index (χ3v) is 4.47. The molecule has 0 aliphatic heterocycles. The molecule has 0 atom stereocenters. The summed E-state index contributed by atoms with van der Waals surface area (Å²) in [6, 6.07) is -0.0119. The Balaban J connectivity index is 0.000000220. The van der Waals surface area contributed by atoms with E-state index >= 15 is 0 Å². The summed E-state index contributed by atoms with van der Waals surface area (Å²) >= 11 is 0. The number of hydrogen-bond donors (Lipinski definition) is 2. The first kappa shape index (κ1) is 19.5. The van der Waals surface area contributed by atoms with Crippen molar-refractivity contribution in [3.05, 3.63) is 0 Å². The van der Waals surface area contributed by atoms with Gasteiger partial charge in [-0.1, -0.05) is 0 Å². The van der Waals surface area contributed by atoms with E-state index in [2.05, 4.69) is 0 Å². The SMILES string of the molecule is NC1CCC(C(F)(F)F)CC1.NC1CCC(C(F)(F)F)CC1. The van der Waals surface area contributed by atoms with Crippen LogP contribution in [0.3, 0.4) is 0 Å². The lowest BCUT2D eigenvalue weighted by Crippen LogP contribution is -2.33. The Kier molecular flexibility index (Phi) is 6.98. The molecule has 0 spiro atoms. The minimum absolute atomic E-state index is 0.00593. The monoisotopic (exact) mass is 334 g/mol. The van der Waals surface area contributed by atoms with Gasteiger partial charge in [-0.2, -0.15) is 26.3 Å². The molecular weight excluding hydrogens is 310 g/mol. The molecule has 22 heavy (non-hydrogen) atoms. The van der Waals surface area contributed by atoms with Gasteiger partial charge in [0.15, 0.2) is 0 Å². The van der Waals surface area contributed by atoms with E-state index in [-0.39, 0.29) is 37.8 Å². The zero-order valence-electron chi connectivity index (χ0n) is 12.4. The van der Waals surface area contributed by atoms with E-state index < -0.39 is 24.2 Å². The van der Waals surface area contributed by atoms with Gasteiger partial charge in [0, 0.05) is 12.1 Å². The van der Waals surface area contributed by atoms with E-state index in [1.54, 1.807) is 0 Å². The quantitative estimate of drug-likeness (QED) is 0.654. The van der Waals surface area contributed by atoms with Crippen LogP contribution in [0, 0.1) is 11.8 Å². The highest BCUT2D eigenvalue weighted by molar-refractivity contribution is 4.79. The molecule has 0 bridgehead atoms. The maximum absolute atomic E-state index is 12.0. The van der Waals surface area contributed by atoms with Crippen molar-refractivity contribution in [2.45, 2.75) is 75.8 Å². The molecule has 2 rings (SSSR count). The van der Waals surface area contributed by atoms with Gasteiger partial charge in [-0.15, -0.1) is 0 Å². The number of halogens is 6. The zero-order chi connectivity index (χ0) is 17.0. The van der Waals surface area contributed by atoms with Gasteiger partial charge in [-0.25, -0.2) is 0 Å². The van der Waals surface area contributed by atoms with E-state index in [1.807, 2.05) is 0 Å². The number of hydrogen-bond acceptors (Lipinski definition) is 2. The molecule has 2 aliphatic rings. The van der Waals surface area contributed by atoms with Crippen molar-refractivity contribution in [1.29, 1.82) is 0 Å². The highest BCUT2D eigenvalue weighted by atomic mass is 19.4. The molecule has 0 amide bonds. The van der Waals surface area contributed by atoms with Gasteiger partial charge in [0.25, 0.3) is 0 Å². The third kappa shape index (κ3) is 6.73.